The van der Waals surface area contributed by atoms with E-state index in [-0.39, 0.29) is 0 Å². The molecule has 4 heteroatoms. The standard InChI is InChI=1S/C16H24N2O2/c1-11-9-18(10-12(2)17-11)13(3)14-4-5-15-16(8-14)20-7-6-19-15/h4-5,8,11-13,17H,6-7,9-10H2,1-3H3. The Morgan fingerprint density at radius 2 is 1.75 bits per heavy atom. The molecule has 2 aliphatic heterocycles. The minimum absolute atomic E-state index is 0.401. The van der Waals surface area contributed by atoms with Gasteiger partial charge in [-0.3, -0.25) is 4.90 Å². The highest BCUT2D eigenvalue weighted by Gasteiger charge is 2.26. The number of ether oxygens (including phenoxy) is 2. The van der Waals surface area contributed by atoms with Gasteiger partial charge >= 0.3 is 0 Å². The van der Waals surface area contributed by atoms with E-state index in [4.69, 9.17) is 9.47 Å². The van der Waals surface area contributed by atoms with Crippen molar-refractivity contribution in [1.82, 2.24) is 10.2 Å². The number of rotatable bonds is 2. The van der Waals surface area contributed by atoms with Crippen LogP contribution in [0.1, 0.15) is 32.4 Å². The summed E-state index contributed by atoms with van der Waals surface area (Å²) >= 11 is 0. The third kappa shape index (κ3) is 2.76. The first-order valence-corrected chi connectivity index (χ1v) is 7.53. The third-order valence-corrected chi connectivity index (χ3v) is 4.18. The summed E-state index contributed by atoms with van der Waals surface area (Å²) < 4.78 is 11.3. The average Bonchev–Trinajstić information content (AvgIpc) is 2.45. The van der Waals surface area contributed by atoms with Gasteiger partial charge < -0.3 is 14.8 Å². The van der Waals surface area contributed by atoms with E-state index in [2.05, 4.69) is 43.1 Å². The Balaban J connectivity index is 1.77. The first kappa shape index (κ1) is 13.7. The minimum Gasteiger partial charge on any atom is -0.486 e. The van der Waals surface area contributed by atoms with Crippen LogP contribution in [-0.2, 0) is 0 Å². The Bertz CT molecular complexity index is 468. The lowest BCUT2D eigenvalue weighted by molar-refractivity contribution is 0.130. The van der Waals surface area contributed by atoms with E-state index in [1.165, 1.54) is 5.56 Å². The van der Waals surface area contributed by atoms with Crippen molar-refractivity contribution in [2.75, 3.05) is 26.3 Å². The van der Waals surface area contributed by atoms with Crippen molar-refractivity contribution in [3.8, 4) is 11.5 Å². The fraction of sp³-hybridized carbons (Fsp3) is 0.625. The lowest BCUT2D eigenvalue weighted by atomic mass is 10.0. The molecule has 3 rings (SSSR count). The molecule has 20 heavy (non-hydrogen) atoms. The fourth-order valence-corrected chi connectivity index (χ4v) is 3.22. The average molecular weight is 276 g/mol. The van der Waals surface area contributed by atoms with Gasteiger partial charge in [0, 0.05) is 31.2 Å². The Morgan fingerprint density at radius 1 is 1.10 bits per heavy atom. The monoisotopic (exact) mass is 276 g/mol. The van der Waals surface area contributed by atoms with Gasteiger partial charge in [-0.1, -0.05) is 6.07 Å². The number of piperazine rings is 1. The molecular formula is C16H24N2O2. The van der Waals surface area contributed by atoms with Crippen LogP contribution in [0.3, 0.4) is 0 Å². The van der Waals surface area contributed by atoms with Crippen molar-refractivity contribution in [1.29, 1.82) is 0 Å². The molecule has 1 aromatic carbocycles. The highest BCUT2D eigenvalue weighted by Crippen LogP contribution is 2.34. The molecule has 0 saturated carbocycles. The molecule has 0 aromatic heterocycles. The maximum atomic E-state index is 5.69. The molecular weight excluding hydrogens is 252 g/mol. The highest BCUT2D eigenvalue weighted by molar-refractivity contribution is 5.44. The number of nitrogens with one attached hydrogen (secondary N) is 1. The summed E-state index contributed by atoms with van der Waals surface area (Å²) in [6, 6.07) is 7.82. The number of hydrogen-bond donors (Lipinski definition) is 1. The molecule has 3 unspecified atom stereocenters. The third-order valence-electron chi connectivity index (χ3n) is 4.18. The van der Waals surface area contributed by atoms with Crippen LogP contribution in [0.25, 0.3) is 0 Å². The van der Waals surface area contributed by atoms with Crippen molar-refractivity contribution >= 4 is 0 Å². The zero-order valence-electron chi connectivity index (χ0n) is 12.6. The van der Waals surface area contributed by atoms with E-state index in [1.54, 1.807) is 0 Å². The van der Waals surface area contributed by atoms with Gasteiger partial charge in [0.15, 0.2) is 11.5 Å². The predicted molar refractivity (Wildman–Crippen MR) is 79.5 cm³/mol. The molecule has 3 atom stereocenters. The second-order valence-corrected chi connectivity index (χ2v) is 6.00. The molecule has 0 bridgehead atoms. The summed E-state index contributed by atoms with van der Waals surface area (Å²) in [5.41, 5.74) is 1.30. The molecule has 0 radical (unpaired) electrons. The van der Waals surface area contributed by atoms with Crippen LogP contribution in [0.2, 0.25) is 0 Å². The van der Waals surface area contributed by atoms with Crippen molar-refractivity contribution in [3.63, 3.8) is 0 Å². The second-order valence-electron chi connectivity index (χ2n) is 6.00. The molecule has 1 aromatic rings. The fourth-order valence-electron chi connectivity index (χ4n) is 3.22. The Labute approximate surface area is 121 Å². The summed E-state index contributed by atoms with van der Waals surface area (Å²) in [5.74, 6) is 1.76. The Morgan fingerprint density at radius 3 is 2.45 bits per heavy atom. The maximum absolute atomic E-state index is 5.69. The number of nitrogens with zero attached hydrogens (tertiary/aromatic N) is 1. The predicted octanol–water partition coefficient (Wildman–Crippen LogP) is 2.20. The first-order chi connectivity index (χ1) is 9.63. The van der Waals surface area contributed by atoms with Crippen molar-refractivity contribution < 1.29 is 9.47 Å². The van der Waals surface area contributed by atoms with Crippen molar-refractivity contribution in [3.05, 3.63) is 23.8 Å². The van der Waals surface area contributed by atoms with Crippen molar-refractivity contribution in [2.24, 2.45) is 0 Å². The number of benzene rings is 1. The summed E-state index contributed by atoms with van der Waals surface area (Å²) in [5, 5.41) is 3.58. The SMILES string of the molecule is CC1CN(C(C)c2ccc3c(c2)OCCO3)CC(C)N1. The van der Waals surface area contributed by atoms with E-state index < -0.39 is 0 Å². The van der Waals surface area contributed by atoms with Crippen LogP contribution >= 0.6 is 0 Å². The van der Waals surface area contributed by atoms with E-state index in [9.17, 15) is 0 Å². The van der Waals surface area contributed by atoms with Crippen LogP contribution in [-0.4, -0.2) is 43.3 Å². The number of hydrogen-bond acceptors (Lipinski definition) is 4. The smallest absolute Gasteiger partial charge is 0.161 e. The normalized spacial score (nSPS) is 28.1. The Hall–Kier alpha value is -1.26. The molecule has 2 aliphatic rings. The maximum Gasteiger partial charge on any atom is 0.161 e. The van der Waals surface area contributed by atoms with Gasteiger partial charge in [-0.2, -0.15) is 0 Å². The minimum atomic E-state index is 0.401. The Kier molecular flexibility index (Phi) is 3.85. The highest BCUT2D eigenvalue weighted by atomic mass is 16.6. The van der Waals surface area contributed by atoms with E-state index >= 15 is 0 Å². The van der Waals surface area contributed by atoms with E-state index in [0.717, 1.165) is 24.6 Å². The van der Waals surface area contributed by atoms with Crippen LogP contribution < -0.4 is 14.8 Å². The van der Waals surface area contributed by atoms with E-state index in [0.29, 0.717) is 31.3 Å². The van der Waals surface area contributed by atoms with E-state index in [1.807, 2.05) is 6.07 Å². The molecule has 0 spiro atoms. The number of fused-ring (bicyclic) bond motifs is 1. The molecule has 2 heterocycles. The van der Waals surface area contributed by atoms with Gasteiger partial charge in [0.2, 0.25) is 0 Å². The molecule has 110 valence electrons. The zero-order valence-corrected chi connectivity index (χ0v) is 12.6. The van der Waals surface area contributed by atoms with Gasteiger partial charge in [0.25, 0.3) is 0 Å². The van der Waals surface area contributed by atoms with Crippen LogP contribution in [0, 0.1) is 0 Å². The molecule has 1 saturated heterocycles. The summed E-state index contributed by atoms with van der Waals surface area (Å²) in [6.07, 6.45) is 0. The summed E-state index contributed by atoms with van der Waals surface area (Å²) in [7, 11) is 0. The van der Waals surface area contributed by atoms with Gasteiger partial charge in [-0.15, -0.1) is 0 Å². The van der Waals surface area contributed by atoms with Gasteiger partial charge in [-0.25, -0.2) is 0 Å². The van der Waals surface area contributed by atoms with Gasteiger partial charge in [0.1, 0.15) is 13.2 Å². The van der Waals surface area contributed by atoms with Crippen LogP contribution in [0.4, 0.5) is 0 Å². The molecule has 4 nitrogen and oxygen atoms in total. The largest absolute Gasteiger partial charge is 0.486 e. The first-order valence-electron chi connectivity index (χ1n) is 7.53. The lowest BCUT2D eigenvalue weighted by Gasteiger charge is -2.40. The molecule has 0 amide bonds. The molecule has 0 aliphatic carbocycles. The zero-order chi connectivity index (χ0) is 14.1. The topological polar surface area (TPSA) is 33.7 Å². The van der Waals surface area contributed by atoms with Crippen LogP contribution in [0.15, 0.2) is 18.2 Å². The molecule has 1 fully saturated rings. The lowest BCUT2D eigenvalue weighted by Crippen LogP contribution is -2.54. The van der Waals surface area contributed by atoms with Gasteiger partial charge in [0.05, 0.1) is 0 Å². The summed E-state index contributed by atoms with van der Waals surface area (Å²) in [4.78, 5) is 2.54. The second kappa shape index (κ2) is 5.62. The summed E-state index contributed by atoms with van der Waals surface area (Å²) in [6.45, 7) is 10.2. The molecule has 1 N–H and O–H groups in total. The van der Waals surface area contributed by atoms with Gasteiger partial charge in [-0.05, 0) is 38.5 Å². The van der Waals surface area contributed by atoms with Crippen molar-refractivity contribution in [2.45, 2.75) is 38.9 Å². The van der Waals surface area contributed by atoms with Crippen LogP contribution in [0.5, 0.6) is 11.5 Å². The quantitative estimate of drug-likeness (QED) is 0.898.